The molecule has 1 aromatic heterocycles. The summed E-state index contributed by atoms with van der Waals surface area (Å²) in [6.07, 6.45) is -0.183. The molecule has 0 atom stereocenters. The molecule has 1 fully saturated rings. The van der Waals surface area contributed by atoms with Crippen LogP contribution in [0.15, 0.2) is 18.2 Å². The molecule has 0 saturated heterocycles. The summed E-state index contributed by atoms with van der Waals surface area (Å²) >= 11 is 0. The summed E-state index contributed by atoms with van der Waals surface area (Å²) < 4.78 is 52.4. The molecule has 0 aliphatic heterocycles. The Morgan fingerprint density at radius 2 is 2.00 bits per heavy atom. The minimum atomic E-state index is -4.73. The summed E-state index contributed by atoms with van der Waals surface area (Å²) in [6, 6.07) is 2.78. The van der Waals surface area contributed by atoms with E-state index < -0.39 is 17.6 Å². The second-order valence-electron chi connectivity index (χ2n) is 4.43. The van der Waals surface area contributed by atoms with Gasteiger partial charge < -0.3 is 0 Å². The molecule has 1 aliphatic carbocycles. The lowest BCUT2D eigenvalue weighted by Gasteiger charge is -2.11. The monoisotopic (exact) mass is 270 g/mol. The Bertz CT molecular complexity index is 614. The smallest absolute Gasteiger partial charge is 0.217 e. The van der Waals surface area contributed by atoms with Crippen LogP contribution < -0.4 is 0 Å². The highest BCUT2D eigenvalue weighted by Crippen LogP contribution is 2.40. The molecular formula is C12H8F4N3. The number of halogens is 4. The average molecular weight is 270 g/mol. The van der Waals surface area contributed by atoms with E-state index in [4.69, 9.17) is 0 Å². The maximum absolute atomic E-state index is 13.2. The molecule has 0 spiro atoms. The van der Waals surface area contributed by atoms with Crippen molar-refractivity contribution in [1.82, 2.24) is 15.0 Å². The third-order valence-corrected chi connectivity index (χ3v) is 2.99. The van der Waals surface area contributed by atoms with E-state index in [0.717, 1.165) is 25.0 Å². The number of hydrogen-bond donors (Lipinski definition) is 0. The van der Waals surface area contributed by atoms with Crippen LogP contribution in [0.4, 0.5) is 17.6 Å². The van der Waals surface area contributed by atoms with Crippen LogP contribution >= 0.6 is 0 Å². The zero-order chi connectivity index (χ0) is 13.6. The summed E-state index contributed by atoms with van der Waals surface area (Å²) in [5.41, 5.74) is -0.522. The minimum absolute atomic E-state index is 0.143. The summed E-state index contributed by atoms with van der Waals surface area (Å²) in [5.74, 6) is -1.07. The Hall–Kier alpha value is -1.92. The minimum Gasteiger partial charge on any atom is -0.217 e. The van der Waals surface area contributed by atoms with Gasteiger partial charge in [-0.3, -0.25) is 0 Å². The zero-order valence-corrected chi connectivity index (χ0v) is 9.58. The van der Waals surface area contributed by atoms with Crippen LogP contribution in [0, 0.1) is 12.0 Å². The molecule has 1 heterocycles. The molecular weight excluding hydrogens is 262 g/mol. The topological polar surface area (TPSA) is 30.7 Å². The van der Waals surface area contributed by atoms with E-state index in [-0.39, 0.29) is 11.6 Å². The fourth-order valence-electron chi connectivity index (χ4n) is 1.89. The molecule has 0 unspecified atom stereocenters. The second kappa shape index (κ2) is 4.04. The normalized spacial score (nSPS) is 15.8. The predicted molar refractivity (Wildman–Crippen MR) is 57.1 cm³/mol. The van der Waals surface area contributed by atoms with E-state index in [9.17, 15) is 17.6 Å². The van der Waals surface area contributed by atoms with Crippen molar-refractivity contribution in [3.05, 3.63) is 41.5 Å². The highest BCUT2D eigenvalue weighted by molar-refractivity contribution is 5.39. The van der Waals surface area contributed by atoms with Crippen molar-refractivity contribution in [2.24, 2.45) is 0 Å². The molecule has 3 nitrogen and oxygen atoms in total. The van der Waals surface area contributed by atoms with Gasteiger partial charge in [-0.05, 0) is 31.0 Å². The number of benzene rings is 1. The van der Waals surface area contributed by atoms with Crippen molar-refractivity contribution < 1.29 is 17.6 Å². The van der Waals surface area contributed by atoms with E-state index >= 15 is 0 Å². The standard InChI is InChI=1S/C12H8F4N3/c13-10-4-3-8(5-9(10)12(14,15)16)19-11(6-17-18-19)7-1-2-7/h3-5,7H,1-2H2. The van der Waals surface area contributed by atoms with Gasteiger partial charge in [-0.1, -0.05) is 5.21 Å². The fourth-order valence-corrected chi connectivity index (χ4v) is 1.89. The van der Waals surface area contributed by atoms with Crippen LogP contribution in [0.5, 0.6) is 0 Å². The molecule has 0 N–H and O–H groups in total. The van der Waals surface area contributed by atoms with E-state index in [2.05, 4.69) is 16.5 Å². The summed E-state index contributed by atoms with van der Waals surface area (Å²) in [7, 11) is 0. The highest BCUT2D eigenvalue weighted by Gasteiger charge is 2.35. The van der Waals surface area contributed by atoms with Crippen molar-refractivity contribution in [2.45, 2.75) is 24.9 Å². The molecule has 0 amide bonds. The van der Waals surface area contributed by atoms with Crippen molar-refractivity contribution >= 4 is 0 Å². The van der Waals surface area contributed by atoms with Gasteiger partial charge in [0.05, 0.1) is 16.9 Å². The molecule has 1 saturated carbocycles. The van der Waals surface area contributed by atoms with Crippen molar-refractivity contribution in [2.75, 3.05) is 0 Å². The number of hydrogen-bond acceptors (Lipinski definition) is 2. The van der Waals surface area contributed by atoms with Gasteiger partial charge in [-0.2, -0.15) is 13.2 Å². The molecule has 0 bridgehead atoms. The van der Waals surface area contributed by atoms with E-state index in [0.29, 0.717) is 5.69 Å². The SMILES string of the molecule is Fc1ccc(-n2nn[c]c2C2CC2)cc1C(F)(F)F. The number of nitrogens with zero attached hydrogens (tertiary/aromatic N) is 3. The second-order valence-corrected chi connectivity index (χ2v) is 4.43. The maximum atomic E-state index is 13.2. The van der Waals surface area contributed by atoms with Gasteiger partial charge in [0, 0.05) is 5.92 Å². The van der Waals surface area contributed by atoms with Crippen molar-refractivity contribution in [3.63, 3.8) is 0 Å². The summed E-state index contributed by atoms with van der Waals surface area (Å²) in [5, 5.41) is 7.31. The Morgan fingerprint density at radius 1 is 1.26 bits per heavy atom. The lowest BCUT2D eigenvalue weighted by molar-refractivity contribution is -0.140. The number of alkyl halides is 3. The quantitative estimate of drug-likeness (QED) is 0.785. The largest absolute Gasteiger partial charge is 0.419 e. The predicted octanol–water partition coefficient (Wildman–Crippen LogP) is 3.10. The van der Waals surface area contributed by atoms with E-state index in [1.54, 1.807) is 0 Å². The van der Waals surface area contributed by atoms with Gasteiger partial charge in [0.1, 0.15) is 12.0 Å². The van der Waals surface area contributed by atoms with Gasteiger partial charge in [-0.15, -0.1) is 5.10 Å². The molecule has 99 valence electrons. The van der Waals surface area contributed by atoms with Gasteiger partial charge in [-0.25, -0.2) is 9.07 Å². The summed E-state index contributed by atoms with van der Waals surface area (Å²) in [4.78, 5) is 0. The van der Waals surface area contributed by atoms with E-state index in [1.165, 1.54) is 10.7 Å². The zero-order valence-electron chi connectivity index (χ0n) is 9.58. The molecule has 1 aromatic carbocycles. The van der Waals surface area contributed by atoms with Crippen LogP contribution in [0.3, 0.4) is 0 Å². The molecule has 1 radical (unpaired) electrons. The lowest BCUT2D eigenvalue weighted by Crippen LogP contribution is -2.10. The molecule has 1 aliphatic rings. The molecule has 19 heavy (non-hydrogen) atoms. The van der Waals surface area contributed by atoms with Crippen LogP contribution in [0.2, 0.25) is 0 Å². The lowest BCUT2D eigenvalue weighted by atomic mass is 10.1. The first-order chi connectivity index (χ1) is 8.97. The van der Waals surface area contributed by atoms with Gasteiger partial charge in [0.25, 0.3) is 0 Å². The molecule has 7 heteroatoms. The third kappa shape index (κ3) is 2.20. The average Bonchev–Trinajstić information content (AvgIpc) is 3.07. The third-order valence-electron chi connectivity index (χ3n) is 2.99. The Balaban J connectivity index is 2.08. The van der Waals surface area contributed by atoms with Crippen molar-refractivity contribution in [1.29, 1.82) is 0 Å². The Kier molecular flexibility index (Phi) is 2.58. The number of rotatable bonds is 2. The van der Waals surface area contributed by atoms with Gasteiger partial charge in [0.2, 0.25) is 0 Å². The van der Waals surface area contributed by atoms with Crippen molar-refractivity contribution in [3.8, 4) is 5.69 Å². The maximum Gasteiger partial charge on any atom is 0.419 e. The first kappa shape index (κ1) is 12.1. The highest BCUT2D eigenvalue weighted by atomic mass is 19.4. The van der Waals surface area contributed by atoms with Crippen LogP contribution in [0.25, 0.3) is 5.69 Å². The number of aromatic nitrogens is 3. The van der Waals surface area contributed by atoms with Gasteiger partial charge >= 0.3 is 6.18 Å². The Morgan fingerprint density at radius 3 is 2.63 bits per heavy atom. The fraction of sp³-hybridized carbons (Fsp3) is 0.333. The first-order valence-corrected chi connectivity index (χ1v) is 5.67. The molecule has 2 aromatic rings. The van der Waals surface area contributed by atoms with Crippen LogP contribution in [0.1, 0.15) is 30.0 Å². The Labute approximate surface area is 105 Å². The van der Waals surface area contributed by atoms with Gasteiger partial charge in [0.15, 0.2) is 0 Å². The summed E-state index contributed by atoms with van der Waals surface area (Å²) in [6.45, 7) is 0. The first-order valence-electron chi connectivity index (χ1n) is 5.67. The molecule has 3 rings (SSSR count). The van der Waals surface area contributed by atoms with E-state index in [1.807, 2.05) is 0 Å². The van der Waals surface area contributed by atoms with Crippen LogP contribution in [-0.2, 0) is 6.18 Å². The van der Waals surface area contributed by atoms with Crippen LogP contribution in [-0.4, -0.2) is 15.0 Å².